The smallest absolute Gasteiger partial charge is 0.255 e. The van der Waals surface area contributed by atoms with Crippen LogP contribution < -0.4 is 10.6 Å². The molecule has 82 valence electrons. The van der Waals surface area contributed by atoms with E-state index in [0.29, 0.717) is 5.56 Å². The van der Waals surface area contributed by atoms with Crippen LogP contribution in [-0.4, -0.2) is 34.8 Å². The average Bonchev–Trinajstić information content (AvgIpc) is 2.79. The Kier molecular flexibility index (Phi) is 2.73. The third-order valence-electron chi connectivity index (χ3n) is 2.88. The Labute approximate surface area is 88.8 Å². The van der Waals surface area contributed by atoms with Gasteiger partial charge in [-0.1, -0.05) is 0 Å². The molecule has 0 spiro atoms. The normalized spacial score (nSPS) is 20.5. The van der Waals surface area contributed by atoms with Crippen molar-refractivity contribution in [2.75, 3.05) is 13.1 Å². The fraction of sp³-hybridized carbons (Fsp3) is 0.600. The van der Waals surface area contributed by atoms with E-state index in [1.807, 2.05) is 14.0 Å². The van der Waals surface area contributed by atoms with E-state index in [4.69, 9.17) is 0 Å². The van der Waals surface area contributed by atoms with E-state index in [1.54, 1.807) is 10.9 Å². The summed E-state index contributed by atoms with van der Waals surface area (Å²) in [7, 11) is 1.84. The molecule has 1 amide bonds. The van der Waals surface area contributed by atoms with Crippen LogP contribution in [0.2, 0.25) is 0 Å². The minimum absolute atomic E-state index is 0.0192. The zero-order chi connectivity index (χ0) is 10.8. The lowest BCUT2D eigenvalue weighted by atomic mass is 10.2. The molecule has 1 aliphatic heterocycles. The number of nitrogens with zero attached hydrogens (tertiary/aromatic N) is 2. The van der Waals surface area contributed by atoms with Crippen LogP contribution in [0.5, 0.6) is 0 Å². The summed E-state index contributed by atoms with van der Waals surface area (Å²) in [5.74, 6) is -0.0192. The molecule has 2 rings (SSSR count). The fourth-order valence-electron chi connectivity index (χ4n) is 1.76. The number of aromatic nitrogens is 2. The van der Waals surface area contributed by atoms with Crippen LogP contribution in [0.25, 0.3) is 0 Å². The van der Waals surface area contributed by atoms with E-state index >= 15 is 0 Å². The number of rotatable bonds is 2. The van der Waals surface area contributed by atoms with Crippen LogP contribution in [0.4, 0.5) is 0 Å². The Morgan fingerprint density at radius 1 is 1.73 bits per heavy atom. The van der Waals surface area contributed by atoms with Gasteiger partial charge in [-0.2, -0.15) is 5.10 Å². The summed E-state index contributed by atoms with van der Waals surface area (Å²) in [6.07, 6.45) is 2.62. The number of carbonyl (C=O) groups excluding carboxylic acids is 1. The SMILES string of the molecule is Cc1c(C(=O)NC2CCNC2)cnn1C. The quantitative estimate of drug-likeness (QED) is 0.709. The largest absolute Gasteiger partial charge is 0.348 e. The Balaban J connectivity index is 2.04. The molecule has 1 aromatic rings. The summed E-state index contributed by atoms with van der Waals surface area (Å²) in [6, 6.07) is 0.261. The predicted molar refractivity (Wildman–Crippen MR) is 56.7 cm³/mol. The van der Waals surface area contributed by atoms with Gasteiger partial charge in [0.25, 0.3) is 5.91 Å². The van der Waals surface area contributed by atoms with Gasteiger partial charge in [-0.15, -0.1) is 0 Å². The van der Waals surface area contributed by atoms with Crippen molar-refractivity contribution < 1.29 is 4.79 Å². The maximum atomic E-state index is 11.8. The van der Waals surface area contributed by atoms with E-state index in [-0.39, 0.29) is 11.9 Å². The Hall–Kier alpha value is -1.36. The summed E-state index contributed by atoms with van der Waals surface area (Å²) in [4.78, 5) is 11.8. The van der Waals surface area contributed by atoms with Crippen LogP contribution in [0.15, 0.2) is 6.20 Å². The Morgan fingerprint density at radius 3 is 3.07 bits per heavy atom. The first kappa shape index (κ1) is 10.2. The Bertz CT molecular complexity index is 365. The van der Waals surface area contributed by atoms with Gasteiger partial charge in [0.05, 0.1) is 11.8 Å². The second-order valence-electron chi connectivity index (χ2n) is 3.93. The topological polar surface area (TPSA) is 59.0 Å². The lowest BCUT2D eigenvalue weighted by molar-refractivity contribution is 0.0939. The van der Waals surface area contributed by atoms with Gasteiger partial charge in [0.1, 0.15) is 0 Å². The highest BCUT2D eigenvalue weighted by Gasteiger charge is 2.19. The second kappa shape index (κ2) is 4.02. The van der Waals surface area contributed by atoms with E-state index < -0.39 is 0 Å². The highest BCUT2D eigenvalue weighted by Crippen LogP contribution is 2.06. The third kappa shape index (κ3) is 2.02. The first-order valence-electron chi connectivity index (χ1n) is 5.18. The number of carbonyl (C=O) groups is 1. The fourth-order valence-corrected chi connectivity index (χ4v) is 1.76. The Morgan fingerprint density at radius 2 is 2.53 bits per heavy atom. The lowest BCUT2D eigenvalue weighted by Gasteiger charge is -2.10. The molecular weight excluding hydrogens is 192 g/mol. The number of hydrogen-bond donors (Lipinski definition) is 2. The summed E-state index contributed by atoms with van der Waals surface area (Å²) >= 11 is 0. The number of nitrogens with one attached hydrogen (secondary N) is 2. The van der Waals surface area contributed by atoms with Crippen molar-refractivity contribution in [1.29, 1.82) is 0 Å². The van der Waals surface area contributed by atoms with Gasteiger partial charge in [-0.25, -0.2) is 0 Å². The molecule has 2 heterocycles. The van der Waals surface area contributed by atoms with Crippen LogP contribution in [0.1, 0.15) is 22.5 Å². The van der Waals surface area contributed by atoms with Gasteiger partial charge in [-0.05, 0) is 19.9 Å². The molecule has 1 aromatic heterocycles. The van der Waals surface area contributed by atoms with Gasteiger partial charge in [0.2, 0.25) is 0 Å². The van der Waals surface area contributed by atoms with Crippen molar-refractivity contribution >= 4 is 5.91 Å². The predicted octanol–water partition coefficient (Wildman–Crippen LogP) is -0.180. The second-order valence-corrected chi connectivity index (χ2v) is 3.93. The van der Waals surface area contributed by atoms with Gasteiger partial charge in [0, 0.05) is 25.3 Å². The van der Waals surface area contributed by atoms with Crippen molar-refractivity contribution in [3.8, 4) is 0 Å². The zero-order valence-corrected chi connectivity index (χ0v) is 9.08. The van der Waals surface area contributed by atoms with Crippen LogP contribution >= 0.6 is 0 Å². The molecule has 0 aliphatic carbocycles. The minimum atomic E-state index is -0.0192. The molecule has 0 radical (unpaired) electrons. The maximum Gasteiger partial charge on any atom is 0.255 e. The van der Waals surface area contributed by atoms with Gasteiger partial charge in [0.15, 0.2) is 0 Å². The van der Waals surface area contributed by atoms with Crippen LogP contribution in [-0.2, 0) is 7.05 Å². The van der Waals surface area contributed by atoms with Crippen molar-refractivity contribution in [3.63, 3.8) is 0 Å². The van der Waals surface area contributed by atoms with Crippen molar-refractivity contribution in [3.05, 3.63) is 17.5 Å². The summed E-state index contributed by atoms with van der Waals surface area (Å²) < 4.78 is 1.71. The minimum Gasteiger partial charge on any atom is -0.348 e. The molecule has 2 N–H and O–H groups in total. The average molecular weight is 208 g/mol. The number of aryl methyl sites for hydroxylation is 1. The summed E-state index contributed by atoms with van der Waals surface area (Å²) in [5.41, 5.74) is 1.57. The maximum absolute atomic E-state index is 11.8. The van der Waals surface area contributed by atoms with E-state index in [2.05, 4.69) is 15.7 Å². The lowest BCUT2D eigenvalue weighted by Crippen LogP contribution is -2.36. The highest BCUT2D eigenvalue weighted by molar-refractivity contribution is 5.95. The third-order valence-corrected chi connectivity index (χ3v) is 2.88. The molecule has 5 heteroatoms. The summed E-state index contributed by atoms with van der Waals surface area (Å²) in [5, 5.41) is 10.3. The molecule has 1 fully saturated rings. The molecule has 1 aliphatic rings. The number of hydrogen-bond acceptors (Lipinski definition) is 3. The van der Waals surface area contributed by atoms with Crippen LogP contribution in [0, 0.1) is 6.92 Å². The van der Waals surface area contributed by atoms with E-state index in [0.717, 1.165) is 25.2 Å². The van der Waals surface area contributed by atoms with E-state index in [9.17, 15) is 4.79 Å². The van der Waals surface area contributed by atoms with Gasteiger partial charge < -0.3 is 10.6 Å². The zero-order valence-electron chi connectivity index (χ0n) is 9.08. The van der Waals surface area contributed by atoms with Crippen molar-refractivity contribution in [1.82, 2.24) is 20.4 Å². The molecule has 15 heavy (non-hydrogen) atoms. The molecular formula is C10H16N4O. The molecule has 5 nitrogen and oxygen atoms in total. The summed E-state index contributed by atoms with van der Waals surface area (Å²) in [6.45, 7) is 3.75. The van der Waals surface area contributed by atoms with Crippen LogP contribution in [0.3, 0.4) is 0 Å². The first-order valence-corrected chi connectivity index (χ1v) is 5.18. The first-order chi connectivity index (χ1) is 7.18. The van der Waals surface area contributed by atoms with Gasteiger partial charge in [-0.3, -0.25) is 9.48 Å². The van der Waals surface area contributed by atoms with E-state index in [1.165, 1.54) is 0 Å². The molecule has 1 saturated heterocycles. The van der Waals surface area contributed by atoms with Crippen molar-refractivity contribution in [2.24, 2.45) is 7.05 Å². The molecule has 0 bridgehead atoms. The van der Waals surface area contributed by atoms with Crippen molar-refractivity contribution in [2.45, 2.75) is 19.4 Å². The molecule has 0 aromatic carbocycles. The molecule has 0 saturated carbocycles. The monoisotopic (exact) mass is 208 g/mol. The standard InChI is InChI=1S/C10H16N4O/c1-7-9(6-12-14(7)2)10(15)13-8-3-4-11-5-8/h6,8,11H,3-5H2,1-2H3,(H,13,15). The molecule has 1 unspecified atom stereocenters. The molecule has 1 atom stereocenters. The van der Waals surface area contributed by atoms with Gasteiger partial charge >= 0.3 is 0 Å². The highest BCUT2D eigenvalue weighted by atomic mass is 16.1. The number of amides is 1.